The number of aryl methyl sites for hydroxylation is 1. The first kappa shape index (κ1) is 12.6. The highest BCUT2D eigenvalue weighted by Gasteiger charge is 2.67. The lowest BCUT2D eigenvalue weighted by atomic mass is 10.0. The number of halogens is 1. The van der Waals surface area contributed by atoms with Crippen molar-refractivity contribution in [2.75, 3.05) is 0 Å². The quantitative estimate of drug-likeness (QED) is 0.850. The lowest BCUT2D eigenvalue weighted by molar-refractivity contribution is 0.134. The summed E-state index contributed by atoms with van der Waals surface area (Å²) < 4.78 is 1.11. The molecule has 1 saturated carbocycles. The SMILES string of the molecule is Cc1sc(C(O)C2C(C)(C)C2(C)C)cc1Br. The van der Waals surface area contributed by atoms with Crippen molar-refractivity contribution in [3.8, 4) is 0 Å². The average Bonchev–Trinajstić information content (AvgIpc) is 2.39. The highest BCUT2D eigenvalue weighted by atomic mass is 79.9. The smallest absolute Gasteiger partial charge is 0.0921 e. The Hall–Kier alpha value is 0.140. The summed E-state index contributed by atoms with van der Waals surface area (Å²) in [6.07, 6.45) is -0.319. The van der Waals surface area contributed by atoms with Crippen LogP contribution in [0.1, 0.15) is 43.6 Å². The fourth-order valence-corrected chi connectivity index (χ4v) is 4.41. The van der Waals surface area contributed by atoms with Gasteiger partial charge in [0.1, 0.15) is 0 Å². The van der Waals surface area contributed by atoms with E-state index in [1.807, 2.05) is 0 Å². The van der Waals surface area contributed by atoms with Gasteiger partial charge in [-0.2, -0.15) is 0 Å². The van der Waals surface area contributed by atoms with E-state index in [0.717, 1.165) is 9.35 Å². The van der Waals surface area contributed by atoms with E-state index in [9.17, 15) is 5.11 Å². The number of aliphatic hydroxyl groups excluding tert-OH is 1. The third-order valence-electron chi connectivity index (χ3n) is 4.62. The van der Waals surface area contributed by atoms with E-state index >= 15 is 0 Å². The van der Waals surface area contributed by atoms with Gasteiger partial charge < -0.3 is 5.11 Å². The first-order chi connectivity index (χ1) is 7.19. The maximum atomic E-state index is 10.5. The molecule has 0 aliphatic heterocycles. The molecule has 16 heavy (non-hydrogen) atoms. The van der Waals surface area contributed by atoms with Gasteiger partial charge in [0.25, 0.3) is 0 Å². The summed E-state index contributed by atoms with van der Waals surface area (Å²) >= 11 is 5.21. The zero-order chi connectivity index (χ0) is 12.3. The molecule has 90 valence electrons. The van der Waals surface area contributed by atoms with E-state index in [4.69, 9.17) is 0 Å². The highest BCUT2D eigenvalue weighted by Crippen LogP contribution is 2.72. The van der Waals surface area contributed by atoms with Crippen LogP contribution in [0.5, 0.6) is 0 Å². The van der Waals surface area contributed by atoms with Gasteiger partial charge in [0.05, 0.1) is 6.10 Å². The molecule has 1 aliphatic carbocycles. The van der Waals surface area contributed by atoms with E-state index in [-0.39, 0.29) is 16.9 Å². The van der Waals surface area contributed by atoms with Gasteiger partial charge in [-0.05, 0) is 39.8 Å². The Morgan fingerprint density at radius 2 is 1.81 bits per heavy atom. The number of aliphatic hydroxyl groups is 1. The molecule has 1 aliphatic rings. The van der Waals surface area contributed by atoms with Gasteiger partial charge in [0.2, 0.25) is 0 Å². The standard InChI is InChI=1S/C13H19BrOS/c1-7-8(14)6-9(16-7)10(15)11-12(2,3)13(11,4)5/h6,10-11,15H,1-5H3. The van der Waals surface area contributed by atoms with E-state index < -0.39 is 0 Å². The van der Waals surface area contributed by atoms with Crippen LogP contribution in [-0.2, 0) is 0 Å². The zero-order valence-electron chi connectivity index (χ0n) is 10.5. The van der Waals surface area contributed by atoms with Gasteiger partial charge in [-0.25, -0.2) is 0 Å². The maximum absolute atomic E-state index is 10.5. The maximum Gasteiger partial charge on any atom is 0.0921 e. The molecule has 1 aromatic heterocycles. The van der Waals surface area contributed by atoms with Crippen LogP contribution >= 0.6 is 27.3 Å². The largest absolute Gasteiger partial charge is 0.387 e. The van der Waals surface area contributed by atoms with E-state index in [0.29, 0.717) is 5.92 Å². The van der Waals surface area contributed by atoms with Crippen molar-refractivity contribution in [2.45, 2.75) is 40.7 Å². The topological polar surface area (TPSA) is 20.2 Å². The van der Waals surface area contributed by atoms with E-state index in [2.05, 4.69) is 56.6 Å². The molecule has 1 fully saturated rings. The molecule has 1 N–H and O–H groups in total. The summed E-state index contributed by atoms with van der Waals surface area (Å²) in [7, 11) is 0. The van der Waals surface area contributed by atoms with Crippen molar-refractivity contribution < 1.29 is 5.11 Å². The summed E-state index contributed by atoms with van der Waals surface area (Å²) in [5, 5.41) is 10.5. The molecule has 1 aromatic rings. The van der Waals surface area contributed by atoms with Crippen molar-refractivity contribution in [1.29, 1.82) is 0 Å². The number of hydrogen-bond donors (Lipinski definition) is 1. The lowest BCUT2D eigenvalue weighted by Crippen LogP contribution is -2.03. The van der Waals surface area contributed by atoms with Crippen LogP contribution < -0.4 is 0 Å². The van der Waals surface area contributed by atoms with Crippen LogP contribution in [0.25, 0.3) is 0 Å². The van der Waals surface area contributed by atoms with Crippen molar-refractivity contribution >= 4 is 27.3 Å². The molecule has 0 spiro atoms. The minimum Gasteiger partial charge on any atom is -0.387 e. The van der Waals surface area contributed by atoms with Crippen molar-refractivity contribution in [2.24, 2.45) is 16.7 Å². The average molecular weight is 303 g/mol. The molecule has 0 radical (unpaired) electrons. The molecule has 0 aromatic carbocycles. The molecule has 1 atom stereocenters. The molecule has 1 unspecified atom stereocenters. The molecule has 1 nitrogen and oxygen atoms in total. The Kier molecular flexibility index (Phi) is 2.81. The van der Waals surface area contributed by atoms with Crippen LogP contribution in [0.15, 0.2) is 10.5 Å². The summed E-state index contributed by atoms with van der Waals surface area (Å²) in [4.78, 5) is 2.33. The highest BCUT2D eigenvalue weighted by molar-refractivity contribution is 9.10. The summed E-state index contributed by atoms with van der Waals surface area (Å²) in [6.45, 7) is 11.1. The molecule has 1 heterocycles. The molecular weight excluding hydrogens is 284 g/mol. The normalized spacial score (nSPS) is 24.4. The Bertz CT molecular complexity index is 386. The predicted molar refractivity (Wildman–Crippen MR) is 72.8 cm³/mol. The minimum absolute atomic E-state index is 0.233. The second-order valence-corrected chi connectivity index (χ2v) is 8.06. The summed E-state index contributed by atoms with van der Waals surface area (Å²) in [6, 6.07) is 2.06. The van der Waals surface area contributed by atoms with Crippen molar-refractivity contribution in [1.82, 2.24) is 0 Å². The fourth-order valence-electron chi connectivity index (χ4n) is 2.83. The molecule has 0 saturated heterocycles. The van der Waals surface area contributed by atoms with E-state index in [1.54, 1.807) is 11.3 Å². The van der Waals surface area contributed by atoms with Gasteiger partial charge >= 0.3 is 0 Å². The summed E-state index contributed by atoms with van der Waals surface area (Å²) in [5.41, 5.74) is 0.466. The Morgan fingerprint density at radius 1 is 1.31 bits per heavy atom. The Labute approximate surface area is 110 Å². The van der Waals surface area contributed by atoms with Crippen LogP contribution in [0.2, 0.25) is 0 Å². The zero-order valence-corrected chi connectivity index (χ0v) is 12.9. The van der Waals surface area contributed by atoms with Crippen molar-refractivity contribution in [3.05, 3.63) is 20.3 Å². The Morgan fingerprint density at radius 3 is 2.12 bits per heavy atom. The van der Waals surface area contributed by atoms with Gasteiger partial charge in [-0.3, -0.25) is 0 Å². The first-order valence-electron chi connectivity index (χ1n) is 5.63. The third kappa shape index (κ3) is 1.59. The van der Waals surface area contributed by atoms with Crippen LogP contribution in [0, 0.1) is 23.7 Å². The second kappa shape index (κ2) is 3.56. The molecule has 0 bridgehead atoms. The van der Waals surface area contributed by atoms with Gasteiger partial charge in [-0.1, -0.05) is 27.7 Å². The summed E-state index contributed by atoms with van der Waals surface area (Å²) in [5.74, 6) is 0.366. The molecule has 0 amide bonds. The van der Waals surface area contributed by atoms with Crippen LogP contribution in [0.4, 0.5) is 0 Å². The molecular formula is C13H19BrOS. The van der Waals surface area contributed by atoms with Crippen LogP contribution in [0.3, 0.4) is 0 Å². The van der Waals surface area contributed by atoms with Crippen molar-refractivity contribution in [3.63, 3.8) is 0 Å². The monoisotopic (exact) mass is 302 g/mol. The number of rotatable bonds is 2. The van der Waals surface area contributed by atoms with E-state index in [1.165, 1.54) is 4.88 Å². The predicted octanol–water partition coefficient (Wildman–Crippen LogP) is 4.53. The first-order valence-corrected chi connectivity index (χ1v) is 7.24. The number of thiophene rings is 1. The minimum atomic E-state index is -0.319. The fraction of sp³-hybridized carbons (Fsp3) is 0.692. The van der Waals surface area contributed by atoms with Gasteiger partial charge in [0, 0.05) is 20.1 Å². The van der Waals surface area contributed by atoms with Gasteiger partial charge in [-0.15, -0.1) is 11.3 Å². The third-order valence-corrected chi connectivity index (χ3v) is 6.82. The lowest BCUT2D eigenvalue weighted by Gasteiger charge is -2.10. The number of hydrogen-bond acceptors (Lipinski definition) is 2. The molecule has 3 heteroatoms. The van der Waals surface area contributed by atoms with Crippen LogP contribution in [-0.4, -0.2) is 5.11 Å². The molecule has 2 rings (SSSR count). The van der Waals surface area contributed by atoms with Gasteiger partial charge in [0.15, 0.2) is 0 Å². The Balaban J connectivity index is 2.25. The second-order valence-electron chi connectivity index (χ2n) is 5.92.